The van der Waals surface area contributed by atoms with Gasteiger partial charge in [0.25, 0.3) is 0 Å². The summed E-state index contributed by atoms with van der Waals surface area (Å²) in [6.07, 6.45) is 1.90. The third-order valence-corrected chi connectivity index (χ3v) is 6.88. The molecule has 0 saturated carbocycles. The van der Waals surface area contributed by atoms with Crippen LogP contribution in [0.2, 0.25) is 5.02 Å². The van der Waals surface area contributed by atoms with Gasteiger partial charge in [0.1, 0.15) is 5.01 Å². The van der Waals surface area contributed by atoms with Gasteiger partial charge in [0.2, 0.25) is 0 Å². The van der Waals surface area contributed by atoms with Gasteiger partial charge >= 0.3 is 0 Å². The maximum absolute atomic E-state index is 6.12. The van der Waals surface area contributed by atoms with Crippen LogP contribution in [0.15, 0.2) is 77.1 Å². The largest absolute Gasteiger partial charge is 0.369 e. The topological polar surface area (TPSA) is 28.5 Å². The number of halogens is 3. The maximum atomic E-state index is 6.12. The minimum absolute atomic E-state index is 0.567. The zero-order valence-electron chi connectivity index (χ0n) is 18.7. The lowest BCUT2D eigenvalue weighted by Gasteiger charge is -2.23. The van der Waals surface area contributed by atoms with Crippen molar-refractivity contribution >= 4 is 63.7 Å². The minimum Gasteiger partial charge on any atom is -0.369 e. The average molecular weight is 529 g/mol. The van der Waals surface area contributed by atoms with E-state index in [0.29, 0.717) is 16.8 Å². The molecule has 0 aliphatic heterocycles. The van der Waals surface area contributed by atoms with E-state index in [-0.39, 0.29) is 0 Å². The molecule has 0 atom stereocenters. The average Bonchev–Trinajstić information content (AvgIpc) is 3.34. The summed E-state index contributed by atoms with van der Waals surface area (Å²) < 4.78 is 0. The van der Waals surface area contributed by atoms with E-state index >= 15 is 0 Å². The molecule has 1 aromatic heterocycles. The Balaban J connectivity index is 1.46. The van der Waals surface area contributed by atoms with E-state index in [1.54, 1.807) is 11.3 Å². The van der Waals surface area contributed by atoms with E-state index in [0.717, 1.165) is 57.4 Å². The quantitative estimate of drug-likeness (QED) is 0.161. The van der Waals surface area contributed by atoms with Gasteiger partial charge in [-0.1, -0.05) is 41.9 Å². The summed E-state index contributed by atoms with van der Waals surface area (Å²) in [5, 5.41) is 3.73. The van der Waals surface area contributed by atoms with E-state index in [2.05, 4.69) is 52.5 Å². The lowest BCUT2D eigenvalue weighted by Crippen LogP contribution is -2.27. The summed E-state index contributed by atoms with van der Waals surface area (Å²) in [5.41, 5.74) is 7.28. The summed E-state index contributed by atoms with van der Waals surface area (Å²) in [6, 6.07) is 22.2. The van der Waals surface area contributed by atoms with Crippen molar-refractivity contribution in [1.82, 2.24) is 4.98 Å². The molecule has 0 saturated heterocycles. The van der Waals surface area contributed by atoms with Gasteiger partial charge < -0.3 is 4.90 Å². The monoisotopic (exact) mass is 527 g/mol. The highest BCUT2D eigenvalue weighted by Gasteiger charge is 2.08. The molecule has 0 aliphatic carbocycles. The third kappa shape index (κ3) is 6.19. The molecule has 0 amide bonds. The van der Waals surface area contributed by atoms with Crippen LogP contribution in [0.3, 0.4) is 0 Å². The zero-order chi connectivity index (χ0) is 23.9. The molecule has 0 unspecified atom stereocenters. The van der Waals surface area contributed by atoms with Crippen LogP contribution >= 0.6 is 46.1 Å². The first-order chi connectivity index (χ1) is 16.6. The predicted octanol–water partition coefficient (Wildman–Crippen LogP) is 8.47. The molecule has 4 aromatic rings. The van der Waals surface area contributed by atoms with Gasteiger partial charge in [-0.2, -0.15) is 0 Å². The highest BCUT2D eigenvalue weighted by Crippen LogP contribution is 2.31. The van der Waals surface area contributed by atoms with Crippen molar-refractivity contribution in [2.75, 3.05) is 29.7 Å². The van der Waals surface area contributed by atoms with Crippen molar-refractivity contribution in [3.05, 3.63) is 88.3 Å². The van der Waals surface area contributed by atoms with Crippen LogP contribution < -0.4 is 4.90 Å². The van der Waals surface area contributed by atoms with Gasteiger partial charge in [0, 0.05) is 58.3 Å². The fourth-order valence-corrected chi connectivity index (χ4v) is 5.02. The van der Waals surface area contributed by atoms with Crippen LogP contribution in [0.5, 0.6) is 0 Å². The Bertz CT molecular complexity index is 1260. The Morgan fingerprint density at radius 2 is 1.71 bits per heavy atom. The second-order valence-corrected chi connectivity index (χ2v) is 9.81. The molecule has 4 rings (SSSR count). The van der Waals surface area contributed by atoms with E-state index in [9.17, 15) is 0 Å². The Labute approximate surface area is 219 Å². The molecular weight excluding hydrogens is 505 g/mol. The summed E-state index contributed by atoms with van der Waals surface area (Å²) in [5.74, 6) is 1.13. The molecule has 34 heavy (non-hydrogen) atoms. The predicted molar refractivity (Wildman–Crippen MR) is 150 cm³/mol. The number of aliphatic imine (C=N–C) groups is 1. The fraction of sp³-hybridized carbons (Fsp3) is 0.185. The van der Waals surface area contributed by atoms with Gasteiger partial charge in [0.05, 0.1) is 11.4 Å². The molecule has 0 aliphatic rings. The normalized spacial score (nSPS) is 11.3. The molecule has 1 heterocycles. The van der Waals surface area contributed by atoms with Gasteiger partial charge in [-0.3, -0.25) is 4.99 Å². The number of alkyl halides is 2. The van der Waals surface area contributed by atoms with Gasteiger partial charge in [-0.25, -0.2) is 4.98 Å². The number of nitrogens with zero attached hydrogens (tertiary/aromatic N) is 3. The summed E-state index contributed by atoms with van der Waals surface area (Å²) in [6.45, 7) is 3.63. The van der Waals surface area contributed by atoms with Gasteiger partial charge in [-0.15, -0.1) is 34.5 Å². The zero-order valence-corrected chi connectivity index (χ0v) is 21.8. The van der Waals surface area contributed by atoms with E-state index < -0.39 is 0 Å². The first-order valence-corrected chi connectivity index (χ1v) is 13.2. The third-order valence-electron chi connectivity index (χ3n) is 5.42. The van der Waals surface area contributed by atoms with Crippen LogP contribution in [0, 0.1) is 6.92 Å². The maximum Gasteiger partial charge on any atom is 0.124 e. The number of aryl methyl sites for hydroxylation is 1. The second-order valence-electron chi connectivity index (χ2n) is 7.76. The lowest BCUT2D eigenvalue weighted by atomic mass is 10.1. The number of hydrogen-bond donors (Lipinski definition) is 0. The number of hydrogen-bond acceptors (Lipinski definition) is 4. The van der Waals surface area contributed by atoms with Crippen molar-refractivity contribution in [2.24, 2.45) is 4.99 Å². The van der Waals surface area contributed by atoms with E-state index in [1.807, 2.05) is 42.6 Å². The molecule has 0 N–H and O–H groups in total. The molecule has 174 valence electrons. The van der Waals surface area contributed by atoms with Gasteiger partial charge in [-0.05, 0) is 54.4 Å². The Morgan fingerprint density at radius 3 is 2.38 bits per heavy atom. The fourth-order valence-electron chi connectivity index (χ4n) is 3.60. The molecule has 7 heteroatoms. The summed E-state index contributed by atoms with van der Waals surface area (Å²) in [7, 11) is 0. The highest BCUT2D eigenvalue weighted by atomic mass is 35.5. The smallest absolute Gasteiger partial charge is 0.124 e. The molecule has 3 nitrogen and oxygen atoms in total. The van der Waals surface area contributed by atoms with E-state index in [1.165, 1.54) is 0 Å². The number of thiazole rings is 1. The van der Waals surface area contributed by atoms with Crippen LogP contribution in [-0.4, -0.2) is 36.0 Å². The molecule has 0 bridgehead atoms. The Morgan fingerprint density at radius 1 is 0.941 bits per heavy atom. The molecule has 0 radical (unpaired) electrons. The highest BCUT2D eigenvalue weighted by molar-refractivity contribution is 7.13. The molecule has 0 spiro atoms. The molecule has 0 fully saturated rings. The van der Waals surface area contributed by atoms with Crippen molar-refractivity contribution in [3.63, 3.8) is 0 Å². The van der Waals surface area contributed by atoms with Crippen LogP contribution in [0.1, 0.15) is 11.1 Å². The Hall–Kier alpha value is -2.37. The molecular formula is C27H24Cl3N3S. The number of anilines is 1. The Kier molecular flexibility index (Phi) is 8.63. The summed E-state index contributed by atoms with van der Waals surface area (Å²) >= 11 is 19.6. The van der Waals surface area contributed by atoms with Crippen LogP contribution in [0.25, 0.3) is 21.8 Å². The van der Waals surface area contributed by atoms with E-state index in [4.69, 9.17) is 39.8 Å². The number of benzene rings is 3. The number of rotatable bonds is 9. The first-order valence-electron chi connectivity index (χ1n) is 10.9. The first kappa shape index (κ1) is 24.7. The van der Waals surface area contributed by atoms with Crippen molar-refractivity contribution in [3.8, 4) is 21.8 Å². The SMILES string of the molecule is Cc1cc(N(CCCl)CCCl)ccc1C=Nc1ccc(-c2csc(-c3cccc(Cl)c3)n2)cc1. The minimum atomic E-state index is 0.567. The van der Waals surface area contributed by atoms with Crippen molar-refractivity contribution < 1.29 is 0 Å². The van der Waals surface area contributed by atoms with Gasteiger partial charge in [0.15, 0.2) is 0 Å². The number of aromatic nitrogens is 1. The lowest BCUT2D eigenvalue weighted by molar-refractivity contribution is 0.873. The van der Waals surface area contributed by atoms with Crippen molar-refractivity contribution in [1.29, 1.82) is 0 Å². The van der Waals surface area contributed by atoms with Crippen LogP contribution in [0.4, 0.5) is 11.4 Å². The summed E-state index contributed by atoms with van der Waals surface area (Å²) in [4.78, 5) is 11.6. The van der Waals surface area contributed by atoms with Crippen molar-refractivity contribution in [2.45, 2.75) is 6.92 Å². The molecule has 3 aromatic carbocycles. The van der Waals surface area contributed by atoms with Crippen LogP contribution in [-0.2, 0) is 0 Å². The second kappa shape index (κ2) is 11.9. The standard InChI is InChI=1S/C27H24Cl3N3S/c1-19-15-25(33(13-11-28)14-12-29)10-7-22(19)17-31-24-8-5-20(6-9-24)26-18-34-27(32-26)21-3-2-4-23(30)16-21/h2-10,15-18H,11-14H2,1H3.